The molecule has 160 valence electrons. The number of unbranched alkanes of at least 4 members (excludes halogenated alkanes) is 5. The Hall–Kier alpha value is -2.06. The molecule has 8 heteroatoms. The monoisotopic (exact) mass is 422 g/mol. The minimum absolute atomic E-state index is 0.353. The van der Waals surface area contributed by atoms with Crippen LogP contribution in [0.1, 0.15) is 51.9 Å². The SMILES string of the molecule is CCCCCCCCC(NC1CSc2ccccc2N(CC(=O)O)C1=O)C(=O)O. The number of thioether (sulfide) groups is 1. The second-order valence-corrected chi connectivity index (χ2v) is 8.33. The lowest BCUT2D eigenvalue weighted by molar-refractivity contribution is -0.140. The summed E-state index contributed by atoms with van der Waals surface area (Å²) in [5.74, 6) is -2.14. The van der Waals surface area contributed by atoms with Crippen LogP contribution in [0.2, 0.25) is 0 Å². The zero-order valence-electron chi connectivity index (χ0n) is 16.8. The predicted molar refractivity (Wildman–Crippen MR) is 113 cm³/mol. The Kier molecular flexibility index (Phi) is 9.47. The summed E-state index contributed by atoms with van der Waals surface area (Å²) in [5, 5.41) is 21.8. The molecule has 0 saturated carbocycles. The first kappa shape index (κ1) is 23.2. The van der Waals surface area contributed by atoms with Crippen LogP contribution in [-0.2, 0) is 14.4 Å². The summed E-state index contributed by atoms with van der Waals surface area (Å²) in [6, 6.07) is 5.57. The number of carboxylic acids is 2. The molecular weight excluding hydrogens is 392 g/mol. The third-order valence-electron chi connectivity index (χ3n) is 4.97. The number of nitrogens with zero attached hydrogens (tertiary/aromatic N) is 1. The van der Waals surface area contributed by atoms with E-state index in [9.17, 15) is 24.6 Å². The first-order chi connectivity index (χ1) is 13.9. The maximum atomic E-state index is 13.0. The lowest BCUT2D eigenvalue weighted by Gasteiger charge is -2.26. The van der Waals surface area contributed by atoms with Gasteiger partial charge in [0.05, 0.1) is 11.7 Å². The molecule has 1 amide bonds. The number of fused-ring (bicyclic) bond motifs is 1. The Morgan fingerprint density at radius 3 is 2.55 bits per heavy atom. The molecule has 2 unspecified atom stereocenters. The number of hydrogen-bond acceptors (Lipinski definition) is 5. The molecule has 2 rings (SSSR count). The van der Waals surface area contributed by atoms with Crippen molar-refractivity contribution in [3.63, 3.8) is 0 Å². The normalized spacial score (nSPS) is 17.5. The fourth-order valence-electron chi connectivity index (χ4n) is 3.42. The van der Waals surface area contributed by atoms with Gasteiger partial charge in [-0.05, 0) is 18.6 Å². The molecule has 7 nitrogen and oxygen atoms in total. The number of hydrogen-bond donors (Lipinski definition) is 3. The predicted octanol–water partition coefficient (Wildman–Crippen LogP) is 3.37. The van der Waals surface area contributed by atoms with Gasteiger partial charge in [-0.15, -0.1) is 11.8 Å². The number of benzene rings is 1. The van der Waals surface area contributed by atoms with E-state index in [1.165, 1.54) is 23.1 Å². The molecule has 0 spiro atoms. The third kappa shape index (κ3) is 7.04. The van der Waals surface area contributed by atoms with Gasteiger partial charge in [0.15, 0.2) is 0 Å². The van der Waals surface area contributed by atoms with Crippen molar-refractivity contribution in [1.29, 1.82) is 0 Å². The van der Waals surface area contributed by atoms with Gasteiger partial charge in [-0.25, -0.2) is 0 Å². The van der Waals surface area contributed by atoms with Gasteiger partial charge in [0.25, 0.3) is 0 Å². The maximum absolute atomic E-state index is 13.0. The lowest BCUT2D eigenvalue weighted by Crippen LogP contribution is -2.53. The molecule has 1 aromatic rings. The largest absolute Gasteiger partial charge is 0.480 e. The standard InChI is InChI=1S/C21H30N2O5S/c1-2-3-4-5-6-7-10-15(21(27)28)22-16-14-29-18-12-9-8-11-17(18)23(20(16)26)13-19(24)25/h8-9,11-12,15-16,22H,2-7,10,13-14H2,1H3,(H,24,25)(H,27,28). The Labute approximate surface area is 175 Å². The van der Waals surface area contributed by atoms with Crippen LogP contribution in [0.25, 0.3) is 0 Å². The summed E-state index contributed by atoms with van der Waals surface area (Å²) in [7, 11) is 0. The molecule has 2 atom stereocenters. The van der Waals surface area contributed by atoms with Gasteiger partial charge in [-0.1, -0.05) is 57.6 Å². The summed E-state index contributed by atoms with van der Waals surface area (Å²) in [6.07, 6.45) is 6.78. The molecule has 29 heavy (non-hydrogen) atoms. The van der Waals surface area contributed by atoms with Crippen molar-refractivity contribution < 1.29 is 24.6 Å². The first-order valence-corrected chi connectivity index (χ1v) is 11.2. The minimum atomic E-state index is -1.11. The van der Waals surface area contributed by atoms with E-state index < -0.39 is 36.5 Å². The van der Waals surface area contributed by atoms with E-state index in [1.54, 1.807) is 12.1 Å². The molecule has 0 radical (unpaired) electrons. The Bertz CT molecular complexity index is 712. The van der Waals surface area contributed by atoms with Gasteiger partial charge >= 0.3 is 11.9 Å². The number of rotatable bonds is 12. The highest BCUT2D eigenvalue weighted by molar-refractivity contribution is 7.99. The van der Waals surface area contributed by atoms with Gasteiger partial charge < -0.3 is 10.2 Å². The minimum Gasteiger partial charge on any atom is -0.480 e. The van der Waals surface area contributed by atoms with Crippen LogP contribution >= 0.6 is 11.8 Å². The van der Waals surface area contributed by atoms with E-state index in [0.717, 1.165) is 37.0 Å². The number of carbonyl (C=O) groups is 3. The lowest BCUT2D eigenvalue weighted by atomic mass is 10.0. The second kappa shape index (κ2) is 11.8. The Balaban J connectivity index is 2.05. The fraction of sp³-hybridized carbons (Fsp3) is 0.571. The number of aliphatic carboxylic acids is 2. The molecule has 1 heterocycles. The van der Waals surface area contributed by atoms with Gasteiger partial charge in [0, 0.05) is 10.6 Å². The van der Waals surface area contributed by atoms with Crippen molar-refractivity contribution in [3.05, 3.63) is 24.3 Å². The fourth-order valence-corrected chi connectivity index (χ4v) is 4.51. The van der Waals surface area contributed by atoms with E-state index in [1.807, 2.05) is 12.1 Å². The van der Waals surface area contributed by atoms with E-state index in [0.29, 0.717) is 17.9 Å². The van der Waals surface area contributed by atoms with Crippen molar-refractivity contribution in [3.8, 4) is 0 Å². The van der Waals surface area contributed by atoms with E-state index in [2.05, 4.69) is 12.2 Å². The zero-order valence-corrected chi connectivity index (χ0v) is 17.6. The number of carboxylic acid groups (broad SMARTS) is 2. The quantitative estimate of drug-likeness (QED) is 0.443. The molecule has 1 aliphatic heterocycles. The van der Waals surface area contributed by atoms with E-state index in [-0.39, 0.29) is 0 Å². The highest BCUT2D eigenvalue weighted by Gasteiger charge is 2.34. The molecule has 0 saturated heterocycles. The summed E-state index contributed by atoms with van der Waals surface area (Å²) >= 11 is 1.43. The van der Waals surface area contributed by atoms with Crippen LogP contribution in [-0.4, -0.2) is 52.4 Å². The topological polar surface area (TPSA) is 107 Å². The molecule has 1 aliphatic rings. The van der Waals surface area contributed by atoms with Crippen molar-refractivity contribution in [2.24, 2.45) is 0 Å². The van der Waals surface area contributed by atoms with Gasteiger partial charge in [-0.2, -0.15) is 0 Å². The van der Waals surface area contributed by atoms with Crippen LogP contribution in [0.5, 0.6) is 0 Å². The van der Waals surface area contributed by atoms with Crippen molar-refractivity contribution in [2.75, 3.05) is 17.2 Å². The van der Waals surface area contributed by atoms with Crippen LogP contribution < -0.4 is 10.2 Å². The van der Waals surface area contributed by atoms with Crippen LogP contribution in [0, 0.1) is 0 Å². The van der Waals surface area contributed by atoms with Crippen LogP contribution in [0.15, 0.2) is 29.2 Å². The Morgan fingerprint density at radius 2 is 1.86 bits per heavy atom. The first-order valence-electron chi connectivity index (χ1n) is 10.2. The summed E-state index contributed by atoms with van der Waals surface area (Å²) in [6.45, 7) is 1.70. The van der Waals surface area contributed by atoms with Gasteiger partial charge in [-0.3, -0.25) is 24.6 Å². The average Bonchev–Trinajstić information content (AvgIpc) is 2.81. The van der Waals surface area contributed by atoms with Crippen molar-refractivity contribution >= 4 is 35.3 Å². The highest BCUT2D eigenvalue weighted by Crippen LogP contribution is 2.34. The van der Waals surface area contributed by atoms with Gasteiger partial charge in [0.1, 0.15) is 12.6 Å². The molecular formula is C21H30N2O5S. The summed E-state index contributed by atoms with van der Waals surface area (Å²) in [4.78, 5) is 38.1. The van der Waals surface area contributed by atoms with Gasteiger partial charge in [0.2, 0.25) is 5.91 Å². The van der Waals surface area contributed by atoms with Crippen LogP contribution in [0.4, 0.5) is 5.69 Å². The number of para-hydroxylation sites is 1. The summed E-state index contributed by atoms with van der Waals surface area (Å²) in [5.41, 5.74) is 0.553. The van der Waals surface area contributed by atoms with E-state index >= 15 is 0 Å². The van der Waals surface area contributed by atoms with E-state index in [4.69, 9.17) is 0 Å². The molecule has 1 aromatic carbocycles. The molecule has 0 aliphatic carbocycles. The number of amides is 1. The molecule has 0 fully saturated rings. The van der Waals surface area contributed by atoms with Crippen molar-refractivity contribution in [1.82, 2.24) is 5.32 Å². The molecule has 0 aromatic heterocycles. The highest BCUT2D eigenvalue weighted by atomic mass is 32.2. The third-order valence-corrected chi connectivity index (χ3v) is 6.12. The second-order valence-electron chi connectivity index (χ2n) is 7.26. The molecule has 3 N–H and O–H groups in total. The maximum Gasteiger partial charge on any atom is 0.323 e. The Morgan fingerprint density at radius 1 is 1.17 bits per heavy atom. The molecule has 0 bridgehead atoms. The van der Waals surface area contributed by atoms with Crippen LogP contribution in [0.3, 0.4) is 0 Å². The number of anilines is 1. The summed E-state index contributed by atoms with van der Waals surface area (Å²) < 4.78 is 0. The smallest absolute Gasteiger partial charge is 0.323 e. The number of nitrogens with one attached hydrogen (secondary N) is 1. The zero-order chi connectivity index (χ0) is 21.2. The average molecular weight is 423 g/mol. The van der Waals surface area contributed by atoms with Crippen molar-refractivity contribution in [2.45, 2.75) is 68.8 Å². The number of carbonyl (C=O) groups excluding carboxylic acids is 1.